The molecule has 92 valence electrons. The van der Waals surface area contributed by atoms with Crippen molar-refractivity contribution in [1.82, 2.24) is 15.0 Å². The van der Waals surface area contributed by atoms with Crippen LogP contribution in [0.15, 0.2) is 30.6 Å². The van der Waals surface area contributed by atoms with Crippen LogP contribution in [0.1, 0.15) is 11.3 Å². The quantitative estimate of drug-likeness (QED) is 0.860. The number of hydrogen-bond donors (Lipinski definition) is 1. The summed E-state index contributed by atoms with van der Waals surface area (Å²) in [7, 11) is 0. The van der Waals surface area contributed by atoms with Gasteiger partial charge in [0, 0.05) is 12.4 Å². The zero-order valence-corrected chi connectivity index (χ0v) is 10.5. The number of aromatic nitrogens is 3. The van der Waals surface area contributed by atoms with Gasteiger partial charge in [-0.3, -0.25) is 9.78 Å². The van der Waals surface area contributed by atoms with Gasteiger partial charge in [0.15, 0.2) is 0 Å². The van der Waals surface area contributed by atoms with E-state index in [0.29, 0.717) is 5.82 Å². The molecule has 0 radical (unpaired) electrons. The molecule has 1 N–H and O–H groups in total. The van der Waals surface area contributed by atoms with Gasteiger partial charge in [-0.2, -0.15) is 0 Å². The van der Waals surface area contributed by atoms with Gasteiger partial charge in [0.2, 0.25) is 11.2 Å². The molecular weight excluding hydrogens is 252 g/mol. The van der Waals surface area contributed by atoms with E-state index in [0.717, 1.165) is 11.3 Å². The fourth-order valence-electron chi connectivity index (χ4n) is 1.45. The first kappa shape index (κ1) is 12.4. The fraction of sp³-hybridized carbons (Fsp3) is 0.167. The Labute approximate surface area is 109 Å². The number of aryl methyl sites for hydroxylation is 1. The Morgan fingerprint density at radius 2 is 2.17 bits per heavy atom. The van der Waals surface area contributed by atoms with Crippen molar-refractivity contribution in [1.29, 1.82) is 0 Å². The van der Waals surface area contributed by atoms with Crippen molar-refractivity contribution in [2.24, 2.45) is 0 Å². The van der Waals surface area contributed by atoms with Crippen LogP contribution in [0, 0.1) is 6.92 Å². The van der Waals surface area contributed by atoms with Gasteiger partial charge >= 0.3 is 0 Å². The number of pyridine rings is 1. The normalized spacial score (nSPS) is 10.1. The van der Waals surface area contributed by atoms with Crippen LogP contribution in [0.3, 0.4) is 0 Å². The lowest BCUT2D eigenvalue weighted by atomic mass is 10.1. The van der Waals surface area contributed by atoms with Gasteiger partial charge in [0.1, 0.15) is 5.82 Å². The van der Waals surface area contributed by atoms with Crippen LogP contribution in [-0.2, 0) is 11.2 Å². The molecule has 2 rings (SSSR count). The Morgan fingerprint density at radius 3 is 2.89 bits per heavy atom. The van der Waals surface area contributed by atoms with Crippen molar-refractivity contribution in [2.45, 2.75) is 13.3 Å². The van der Waals surface area contributed by atoms with Gasteiger partial charge < -0.3 is 5.32 Å². The summed E-state index contributed by atoms with van der Waals surface area (Å²) >= 11 is 5.63. The molecule has 2 aromatic rings. The lowest BCUT2D eigenvalue weighted by molar-refractivity contribution is -0.115. The molecule has 0 aromatic carbocycles. The maximum atomic E-state index is 11.8. The maximum Gasteiger partial charge on any atom is 0.231 e. The highest BCUT2D eigenvalue weighted by atomic mass is 35.5. The van der Waals surface area contributed by atoms with Crippen LogP contribution in [0.5, 0.6) is 0 Å². The van der Waals surface area contributed by atoms with Gasteiger partial charge in [-0.15, -0.1) is 0 Å². The van der Waals surface area contributed by atoms with E-state index in [9.17, 15) is 4.79 Å². The van der Waals surface area contributed by atoms with Gasteiger partial charge in [-0.1, -0.05) is 6.07 Å². The van der Waals surface area contributed by atoms with Crippen molar-refractivity contribution in [3.05, 3.63) is 47.1 Å². The molecule has 0 aliphatic rings. The highest BCUT2D eigenvalue weighted by Crippen LogP contribution is 2.08. The molecule has 2 aromatic heterocycles. The highest BCUT2D eigenvalue weighted by molar-refractivity contribution is 6.28. The molecule has 0 atom stereocenters. The molecule has 0 aliphatic carbocycles. The first-order chi connectivity index (χ1) is 8.65. The molecule has 0 spiro atoms. The summed E-state index contributed by atoms with van der Waals surface area (Å²) in [5.41, 5.74) is 1.73. The van der Waals surface area contributed by atoms with Crippen LogP contribution < -0.4 is 5.32 Å². The average molecular weight is 263 g/mol. The van der Waals surface area contributed by atoms with Crippen molar-refractivity contribution in [3.63, 3.8) is 0 Å². The van der Waals surface area contributed by atoms with E-state index in [1.807, 2.05) is 19.1 Å². The molecule has 0 aliphatic heterocycles. The van der Waals surface area contributed by atoms with E-state index in [2.05, 4.69) is 20.3 Å². The number of amides is 1. The SMILES string of the molecule is Cc1cccnc1CC(=O)Nc1ccnc(Cl)n1. The van der Waals surface area contributed by atoms with Gasteiger partial charge in [-0.05, 0) is 36.2 Å². The first-order valence-electron chi connectivity index (χ1n) is 5.34. The predicted molar refractivity (Wildman–Crippen MR) is 68.3 cm³/mol. The lowest BCUT2D eigenvalue weighted by Crippen LogP contribution is -2.16. The largest absolute Gasteiger partial charge is 0.310 e. The summed E-state index contributed by atoms with van der Waals surface area (Å²) < 4.78 is 0. The molecule has 1 amide bonds. The molecule has 6 heteroatoms. The topological polar surface area (TPSA) is 67.8 Å². The zero-order chi connectivity index (χ0) is 13.0. The Balaban J connectivity index is 2.03. The van der Waals surface area contributed by atoms with Crippen molar-refractivity contribution in [3.8, 4) is 0 Å². The van der Waals surface area contributed by atoms with E-state index in [4.69, 9.17) is 11.6 Å². The molecule has 18 heavy (non-hydrogen) atoms. The molecular formula is C12H11ClN4O. The third kappa shape index (κ3) is 3.24. The van der Waals surface area contributed by atoms with E-state index < -0.39 is 0 Å². The van der Waals surface area contributed by atoms with Gasteiger partial charge in [0.25, 0.3) is 0 Å². The van der Waals surface area contributed by atoms with Gasteiger partial charge in [0.05, 0.1) is 12.1 Å². The average Bonchev–Trinajstić information content (AvgIpc) is 2.32. The number of rotatable bonds is 3. The van der Waals surface area contributed by atoms with E-state index in [-0.39, 0.29) is 17.6 Å². The summed E-state index contributed by atoms with van der Waals surface area (Å²) in [5.74, 6) is 0.195. The Morgan fingerprint density at radius 1 is 1.33 bits per heavy atom. The third-order valence-corrected chi connectivity index (χ3v) is 2.52. The Bertz CT molecular complexity index is 574. The number of nitrogens with zero attached hydrogens (tertiary/aromatic N) is 3. The second kappa shape index (κ2) is 5.55. The molecule has 0 bridgehead atoms. The Kier molecular flexibility index (Phi) is 3.84. The second-order valence-electron chi connectivity index (χ2n) is 3.70. The van der Waals surface area contributed by atoms with Crippen LogP contribution >= 0.6 is 11.6 Å². The summed E-state index contributed by atoms with van der Waals surface area (Å²) in [6, 6.07) is 5.33. The fourth-order valence-corrected chi connectivity index (χ4v) is 1.59. The minimum atomic E-state index is -0.188. The Hall–Kier alpha value is -2.01. The van der Waals surface area contributed by atoms with Gasteiger partial charge in [-0.25, -0.2) is 9.97 Å². The molecule has 2 heterocycles. The van der Waals surface area contributed by atoms with E-state index >= 15 is 0 Å². The minimum Gasteiger partial charge on any atom is -0.310 e. The maximum absolute atomic E-state index is 11.8. The van der Waals surface area contributed by atoms with Crippen molar-refractivity contribution < 1.29 is 4.79 Å². The summed E-state index contributed by atoms with van der Waals surface area (Å²) in [6.07, 6.45) is 3.35. The molecule has 0 saturated heterocycles. The number of halogens is 1. The summed E-state index contributed by atoms with van der Waals surface area (Å²) in [4.78, 5) is 23.6. The number of carbonyl (C=O) groups is 1. The van der Waals surface area contributed by atoms with Crippen LogP contribution in [0.2, 0.25) is 5.28 Å². The number of hydrogen-bond acceptors (Lipinski definition) is 4. The van der Waals surface area contributed by atoms with Crippen molar-refractivity contribution >= 4 is 23.3 Å². The summed E-state index contributed by atoms with van der Waals surface area (Å²) in [6.45, 7) is 1.91. The minimum absolute atomic E-state index is 0.0989. The van der Waals surface area contributed by atoms with Crippen molar-refractivity contribution in [2.75, 3.05) is 5.32 Å². The van der Waals surface area contributed by atoms with Crippen LogP contribution in [0.25, 0.3) is 0 Å². The monoisotopic (exact) mass is 262 g/mol. The zero-order valence-electron chi connectivity index (χ0n) is 9.72. The third-order valence-electron chi connectivity index (χ3n) is 2.34. The lowest BCUT2D eigenvalue weighted by Gasteiger charge is -2.05. The highest BCUT2D eigenvalue weighted by Gasteiger charge is 2.08. The number of carbonyl (C=O) groups excluding carboxylic acids is 1. The van der Waals surface area contributed by atoms with Crippen LogP contribution in [0.4, 0.5) is 5.82 Å². The summed E-state index contributed by atoms with van der Waals surface area (Å²) in [5, 5.41) is 2.74. The number of nitrogens with one attached hydrogen (secondary N) is 1. The number of anilines is 1. The van der Waals surface area contributed by atoms with E-state index in [1.165, 1.54) is 6.20 Å². The second-order valence-corrected chi connectivity index (χ2v) is 4.04. The van der Waals surface area contributed by atoms with E-state index in [1.54, 1.807) is 12.3 Å². The molecule has 0 saturated carbocycles. The van der Waals surface area contributed by atoms with Crippen LogP contribution in [-0.4, -0.2) is 20.9 Å². The molecule has 0 fully saturated rings. The predicted octanol–water partition coefficient (Wildman–Crippen LogP) is 2.01. The molecule has 5 nitrogen and oxygen atoms in total. The standard InChI is InChI=1S/C12H11ClN4O/c1-8-3-2-5-14-9(8)7-11(18)16-10-4-6-15-12(13)17-10/h2-6H,7H2,1H3,(H,15,16,17,18). The smallest absolute Gasteiger partial charge is 0.231 e. The molecule has 0 unspecified atom stereocenters. The first-order valence-corrected chi connectivity index (χ1v) is 5.72.